The first-order valence-electron chi connectivity index (χ1n) is 8.15. The van der Waals surface area contributed by atoms with Crippen LogP contribution in [0.15, 0.2) is 0 Å². The summed E-state index contributed by atoms with van der Waals surface area (Å²) in [6.45, 7) is 6.37. The van der Waals surface area contributed by atoms with E-state index in [0.29, 0.717) is 13.2 Å². The van der Waals surface area contributed by atoms with Crippen LogP contribution < -0.4 is 5.32 Å². The van der Waals surface area contributed by atoms with Crippen molar-refractivity contribution in [1.82, 2.24) is 5.32 Å². The Morgan fingerprint density at radius 1 is 1.00 bits per heavy atom. The van der Waals surface area contributed by atoms with E-state index in [4.69, 9.17) is 23.7 Å². The van der Waals surface area contributed by atoms with Crippen molar-refractivity contribution in [3.05, 3.63) is 0 Å². The van der Waals surface area contributed by atoms with Crippen molar-refractivity contribution in [2.24, 2.45) is 5.92 Å². The van der Waals surface area contributed by atoms with Gasteiger partial charge in [0, 0.05) is 33.2 Å². The first kappa shape index (κ1) is 21.3. The highest BCUT2D eigenvalue weighted by Gasteiger charge is 2.48. The van der Waals surface area contributed by atoms with Gasteiger partial charge in [0.2, 0.25) is 0 Å². The molecular weight excluding hydrogens is 334 g/mol. The molecule has 1 fully saturated rings. The third-order valence-corrected chi connectivity index (χ3v) is 3.64. The van der Waals surface area contributed by atoms with Crippen LogP contribution in [0.1, 0.15) is 27.7 Å². The molecule has 1 heterocycles. The van der Waals surface area contributed by atoms with Gasteiger partial charge in [0.25, 0.3) is 0 Å². The fourth-order valence-corrected chi connectivity index (χ4v) is 2.54. The summed E-state index contributed by atoms with van der Waals surface area (Å²) in [7, 11) is 1.79. The number of esters is 3. The largest absolute Gasteiger partial charge is 0.463 e. The number of carbonyl (C=O) groups is 3. The lowest BCUT2D eigenvalue weighted by atomic mass is 9.92. The summed E-state index contributed by atoms with van der Waals surface area (Å²) >= 11 is 0. The number of carbonyl (C=O) groups excluding carboxylic acids is 3. The van der Waals surface area contributed by atoms with Crippen LogP contribution in [0.4, 0.5) is 0 Å². The van der Waals surface area contributed by atoms with Crippen molar-refractivity contribution >= 4 is 17.9 Å². The smallest absolute Gasteiger partial charge is 0.303 e. The molecule has 0 radical (unpaired) electrons. The lowest BCUT2D eigenvalue weighted by Crippen LogP contribution is -2.58. The Kier molecular flexibility index (Phi) is 8.81. The van der Waals surface area contributed by atoms with Gasteiger partial charge in [-0.3, -0.25) is 14.4 Å². The van der Waals surface area contributed by atoms with Gasteiger partial charge >= 0.3 is 17.9 Å². The molecule has 1 aliphatic heterocycles. The van der Waals surface area contributed by atoms with Crippen molar-refractivity contribution in [3.8, 4) is 0 Å². The zero-order valence-electron chi connectivity index (χ0n) is 15.3. The maximum atomic E-state index is 11.5. The van der Waals surface area contributed by atoms with Gasteiger partial charge in [-0.05, 0) is 7.05 Å². The third kappa shape index (κ3) is 6.97. The van der Waals surface area contributed by atoms with Gasteiger partial charge in [0.1, 0.15) is 18.8 Å². The highest BCUT2D eigenvalue weighted by atomic mass is 16.7. The number of hydrogen-bond acceptors (Lipinski definition) is 9. The zero-order valence-corrected chi connectivity index (χ0v) is 15.3. The number of ether oxygens (including phenoxy) is 5. The molecule has 0 spiro atoms. The van der Waals surface area contributed by atoms with Crippen LogP contribution >= 0.6 is 0 Å². The Balaban J connectivity index is 2.98. The lowest BCUT2D eigenvalue weighted by molar-refractivity contribution is -0.288. The summed E-state index contributed by atoms with van der Waals surface area (Å²) < 4.78 is 27.2. The van der Waals surface area contributed by atoms with Gasteiger partial charge in [0.15, 0.2) is 12.4 Å². The summed E-state index contributed by atoms with van der Waals surface area (Å²) in [6.07, 6.45) is -3.20. The van der Waals surface area contributed by atoms with Crippen molar-refractivity contribution in [2.45, 2.75) is 52.3 Å². The fourth-order valence-electron chi connectivity index (χ4n) is 2.54. The quantitative estimate of drug-likeness (QED) is 0.363. The molecule has 0 aromatic carbocycles. The SMILES string of the molecule is CNCCOC1O[C@H](COC(C)=O)[C@@H](OC(C)=O)[C@H](OC(C)=O)[C@H]1C. The molecule has 9 heteroatoms. The molecule has 0 aromatic rings. The molecule has 0 saturated carbocycles. The minimum absolute atomic E-state index is 0.149. The van der Waals surface area contributed by atoms with E-state index in [-0.39, 0.29) is 6.61 Å². The molecule has 1 unspecified atom stereocenters. The summed E-state index contributed by atoms with van der Waals surface area (Å²) in [5, 5.41) is 2.95. The number of hydrogen-bond donors (Lipinski definition) is 1. The fraction of sp³-hybridized carbons (Fsp3) is 0.812. The second-order valence-corrected chi connectivity index (χ2v) is 5.83. The molecule has 1 saturated heterocycles. The molecule has 0 bridgehead atoms. The van der Waals surface area contributed by atoms with E-state index in [2.05, 4.69) is 5.32 Å². The van der Waals surface area contributed by atoms with Crippen molar-refractivity contribution in [2.75, 3.05) is 26.8 Å². The molecule has 1 rings (SSSR count). The van der Waals surface area contributed by atoms with Crippen LogP contribution in [0, 0.1) is 5.92 Å². The van der Waals surface area contributed by atoms with E-state index >= 15 is 0 Å². The average molecular weight is 361 g/mol. The standard InChI is InChI=1S/C16H27NO8/c1-9-14(23-11(3)19)15(24-12(4)20)13(8-22-10(2)18)25-16(9)21-7-6-17-5/h9,13-17H,6-8H2,1-5H3/t9-,13-,14-,15-,16?/m1/s1. The summed E-state index contributed by atoms with van der Waals surface area (Å²) in [5.41, 5.74) is 0. The zero-order chi connectivity index (χ0) is 19.0. The van der Waals surface area contributed by atoms with Gasteiger partial charge in [-0.1, -0.05) is 6.92 Å². The van der Waals surface area contributed by atoms with E-state index in [0.717, 1.165) is 0 Å². The molecule has 9 nitrogen and oxygen atoms in total. The van der Waals surface area contributed by atoms with Crippen molar-refractivity contribution in [1.29, 1.82) is 0 Å². The topological polar surface area (TPSA) is 109 Å². The number of likely N-dealkylation sites (N-methyl/N-ethyl adjacent to an activating group) is 1. The molecule has 0 amide bonds. The predicted molar refractivity (Wildman–Crippen MR) is 85.4 cm³/mol. The first-order chi connectivity index (χ1) is 11.8. The minimum Gasteiger partial charge on any atom is -0.463 e. The molecular formula is C16H27NO8. The normalized spacial score (nSPS) is 28.9. The average Bonchev–Trinajstić information content (AvgIpc) is 2.51. The lowest BCUT2D eigenvalue weighted by Gasteiger charge is -2.43. The first-order valence-corrected chi connectivity index (χ1v) is 8.15. The highest BCUT2D eigenvalue weighted by Crippen LogP contribution is 2.31. The van der Waals surface area contributed by atoms with Gasteiger partial charge in [-0.15, -0.1) is 0 Å². The van der Waals surface area contributed by atoms with Crippen molar-refractivity contribution < 1.29 is 38.1 Å². The Bertz CT molecular complexity index is 469. The highest BCUT2D eigenvalue weighted by molar-refractivity contribution is 5.67. The maximum absolute atomic E-state index is 11.5. The Morgan fingerprint density at radius 3 is 2.12 bits per heavy atom. The van der Waals surface area contributed by atoms with Crippen LogP contribution in [0.2, 0.25) is 0 Å². The summed E-state index contributed by atoms with van der Waals surface area (Å²) in [6, 6.07) is 0. The third-order valence-electron chi connectivity index (χ3n) is 3.64. The van der Waals surface area contributed by atoms with Gasteiger partial charge in [-0.2, -0.15) is 0 Å². The van der Waals surface area contributed by atoms with E-state index in [1.54, 1.807) is 14.0 Å². The van der Waals surface area contributed by atoms with Crippen molar-refractivity contribution in [3.63, 3.8) is 0 Å². The molecule has 1 N–H and O–H groups in total. The Hall–Kier alpha value is -1.71. The molecule has 0 aromatic heterocycles. The van der Waals surface area contributed by atoms with Crippen LogP contribution in [-0.2, 0) is 38.1 Å². The number of rotatable bonds is 8. The second kappa shape index (κ2) is 10.3. The second-order valence-electron chi connectivity index (χ2n) is 5.83. The molecule has 5 atom stereocenters. The molecule has 1 aliphatic rings. The summed E-state index contributed by atoms with van der Waals surface area (Å²) in [5.74, 6) is -1.96. The molecule has 0 aliphatic carbocycles. The van der Waals surface area contributed by atoms with E-state index in [1.165, 1.54) is 20.8 Å². The van der Waals surface area contributed by atoms with Gasteiger partial charge in [0.05, 0.1) is 6.61 Å². The van der Waals surface area contributed by atoms with E-state index in [1.807, 2.05) is 0 Å². The van der Waals surface area contributed by atoms with Gasteiger partial charge in [-0.25, -0.2) is 0 Å². The van der Waals surface area contributed by atoms with Gasteiger partial charge < -0.3 is 29.0 Å². The van der Waals surface area contributed by atoms with Crippen LogP contribution in [0.5, 0.6) is 0 Å². The Labute approximate surface area is 147 Å². The van der Waals surface area contributed by atoms with Crippen LogP contribution in [0.25, 0.3) is 0 Å². The monoisotopic (exact) mass is 361 g/mol. The van der Waals surface area contributed by atoms with E-state index < -0.39 is 48.4 Å². The minimum atomic E-state index is -0.903. The molecule has 25 heavy (non-hydrogen) atoms. The van der Waals surface area contributed by atoms with E-state index in [9.17, 15) is 14.4 Å². The predicted octanol–water partition coefficient (Wildman–Crippen LogP) is 0.00990. The van der Waals surface area contributed by atoms with Crippen LogP contribution in [-0.4, -0.2) is 69.3 Å². The molecule has 144 valence electrons. The van der Waals surface area contributed by atoms with Crippen LogP contribution in [0.3, 0.4) is 0 Å². The number of nitrogens with one attached hydrogen (secondary N) is 1. The Morgan fingerprint density at radius 2 is 1.60 bits per heavy atom. The maximum Gasteiger partial charge on any atom is 0.303 e. The summed E-state index contributed by atoms with van der Waals surface area (Å²) in [4.78, 5) is 34.1.